The molecule has 3 aromatic carbocycles. The van der Waals surface area contributed by atoms with Gasteiger partial charge in [0.05, 0.1) is 24.2 Å². The molecule has 0 fully saturated rings. The first-order valence-corrected chi connectivity index (χ1v) is 14.5. The maximum Gasteiger partial charge on any atom is 0.349 e. The molecule has 0 bridgehead atoms. The summed E-state index contributed by atoms with van der Waals surface area (Å²) >= 11 is 0. The normalized spacial score (nSPS) is 14.6. The molecule has 0 aliphatic carbocycles. The van der Waals surface area contributed by atoms with Gasteiger partial charge in [-0.2, -0.15) is 0 Å². The molecule has 1 aliphatic heterocycles. The van der Waals surface area contributed by atoms with E-state index in [-0.39, 0.29) is 9.40 Å². The molecule has 4 rings (SSSR count). The number of nitrogens with one attached hydrogen (secondary N) is 1. The molecular weight excluding hydrogens is 523 g/mol. The van der Waals surface area contributed by atoms with Crippen LogP contribution in [0.15, 0.2) is 60.7 Å². The number of methoxy groups -OCH3 is 1. The lowest BCUT2D eigenvalue weighted by Gasteiger charge is -2.30. The molecule has 0 aromatic heterocycles. The first-order valence-electron chi connectivity index (χ1n) is 11.3. The molecule has 12 heteroatoms. The summed E-state index contributed by atoms with van der Waals surface area (Å²) in [5.41, 5.74) is 2.49. The summed E-state index contributed by atoms with van der Waals surface area (Å²) in [7, 11) is -7.33. The van der Waals surface area contributed by atoms with Crippen LogP contribution in [-0.4, -0.2) is 45.2 Å². The van der Waals surface area contributed by atoms with Crippen LogP contribution in [0.4, 0.5) is 14.9 Å². The zero-order valence-electron chi connectivity index (χ0n) is 20.3. The molecule has 9 nitrogen and oxygen atoms in total. The van der Waals surface area contributed by atoms with E-state index < -0.39 is 49.5 Å². The molecule has 3 aromatic rings. The number of benzene rings is 3. The fourth-order valence-corrected chi connectivity index (χ4v) is 7.15. The largest absolute Gasteiger partial charge is 0.496 e. The van der Waals surface area contributed by atoms with Gasteiger partial charge in [-0.3, -0.25) is 0 Å². The number of rotatable bonds is 7. The predicted molar refractivity (Wildman–Crippen MR) is 137 cm³/mol. The Morgan fingerprint density at radius 2 is 1.68 bits per heavy atom. The summed E-state index contributed by atoms with van der Waals surface area (Å²) in [5.74, 6) is -0.602. The van der Waals surface area contributed by atoms with Crippen molar-refractivity contribution in [3.8, 4) is 22.6 Å². The molecule has 1 N–H and O–H groups in total. The van der Waals surface area contributed by atoms with Crippen LogP contribution in [0.3, 0.4) is 0 Å². The Balaban J connectivity index is 1.83. The Morgan fingerprint density at radius 1 is 1.00 bits per heavy atom. The first kappa shape index (κ1) is 26.4. The predicted octanol–water partition coefficient (Wildman–Crippen LogP) is 4.52. The summed E-state index contributed by atoms with van der Waals surface area (Å²) in [6.07, 6.45) is -0.781. The van der Waals surface area contributed by atoms with Crippen molar-refractivity contribution < 1.29 is 35.5 Å². The number of nitrogens with zero attached hydrogens (tertiary/aromatic N) is 1. The minimum absolute atomic E-state index is 0.113. The van der Waals surface area contributed by atoms with Gasteiger partial charge in [-0.15, -0.1) is 3.71 Å². The average molecular weight is 549 g/mol. The second-order valence-corrected chi connectivity index (χ2v) is 12.6. The molecule has 0 spiro atoms. The lowest BCUT2D eigenvalue weighted by molar-refractivity contribution is 0.241. The van der Waals surface area contributed by atoms with Gasteiger partial charge >= 0.3 is 6.03 Å². The Bertz CT molecular complexity index is 1540. The molecule has 0 radical (unpaired) electrons. The van der Waals surface area contributed by atoms with Crippen molar-refractivity contribution in [1.29, 1.82) is 0 Å². The quantitative estimate of drug-likeness (QED) is 0.461. The number of carbonyl (C=O) groups excluding carboxylic acids is 1. The van der Waals surface area contributed by atoms with Gasteiger partial charge in [0.1, 0.15) is 23.4 Å². The zero-order valence-corrected chi connectivity index (χ0v) is 21.9. The fraction of sp³-hybridized carbons (Fsp3) is 0.240. The van der Waals surface area contributed by atoms with Crippen LogP contribution in [0, 0.1) is 5.82 Å². The van der Waals surface area contributed by atoms with Gasteiger partial charge < -0.3 is 14.8 Å². The molecule has 196 valence electrons. The first-order chi connectivity index (χ1) is 17.5. The smallest absolute Gasteiger partial charge is 0.349 e. The number of amides is 2. The summed E-state index contributed by atoms with van der Waals surface area (Å²) in [6.45, 7) is 2.48. The highest BCUT2D eigenvalue weighted by Crippen LogP contribution is 2.49. The van der Waals surface area contributed by atoms with Crippen LogP contribution in [0.2, 0.25) is 0 Å². The standard InChI is InChI=1S/C25H25FN2O7S2/c1-4-36(30,31)28(37(32,33)5-2)25(29)27-18-12-13-19-20(15-18)24(16-8-6-9-17(26)14-16)35-22-11-7-10-21(34-3)23(19)22/h6-15,24H,4-5H2,1-3H3,(H,27,29). The minimum Gasteiger partial charge on any atom is -0.496 e. The van der Waals surface area contributed by atoms with E-state index in [9.17, 15) is 26.0 Å². The Labute approximate surface area is 214 Å². The molecule has 1 unspecified atom stereocenters. The molecule has 2 amide bonds. The Hall–Kier alpha value is -3.64. The monoisotopic (exact) mass is 548 g/mol. The summed E-state index contributed by atoms with van der Waals surface area (Å²) in [6, 6.07) is 14.5. The third-order valence-electron chi connectivity index (χ3n) is 5.86. The number of hydrogen-bond donors (Lipinski definition) is 1. The van der Waals surface area contributed by atoms with Crippen molar-refractivity contribution in [1.82, 2.24) is 3.71 Å². The highest BCUT2D eigenvalue weighted by atomic mass is 32.3. The van der Waals surface area contributed by atoms with E-state index in [1.165, 1.54) is 45.2 Å². The summed E-state index contributed by atoms with van der Waals surface area (Å²) in [4.78, 5) is 12.9. The van der Waals surface area contributed by atoms with E-state index in [0.29, 0.717) is 33.8 Å². The Morgan fingerprint density at radius 3 is 2.30 bits per heavy atom. The maximum absolute atomic E-state index is 14.1. The highest BCUT2D eigenvalue weighted by Gasteiger charge is 2.37. The molecule has 1 aliphatic rings. The third-order valence-corrected chi connectivity index (χ3v) is 10.0. The van der Waals surface area contributed by atoms with Crippen LogP contribution in [0.25, 0.3) is 11.1 Å². The van der Waals surface area contributed by atoms with E-state index in [2.05, 4.69) is 5.32 Å². The fourth-order valence-electron chi connectivity index (χ4n) is 4.07. The summed E-state index contributed by atoms with van der Waals surface area (Å²) < 4.78 is 75.6. The van der Waals surface area contributed by atoms with Crippen molar-refractivity contribution in [2.75, 3.05) is 23.9 Å². The zero-order chi connectivity index (χ0) is 27.0. The minimum atomic E-state index is -4.42. The van der Waals surface area contributed by atoms with Crippen molar-refractivity contribution in [2.24, 2.45) is 0 Å². The van der Waals surface area contributed by atoms with E-state index in [4.69, 9.17) is 9.47 Å². The molecular formula is C25H25FN2O7S2. The number of hydrogen-bond acceptors (Lipinski definition) is 7. The van der Waals surface area contributed by atoms with Gasteiger partial charge in [-0.05, 0) is 61.4 Å². The second kappa shape index (κ2) is 10.0. The second-order valence-electron chi connectivity index (χ2n) is 8.12. The molecule has 0 saturated heterocycles. The van der Waals surface area contributed by atoms with E-state index in [0.717, 1.165) is 0 Å². The number of carbonyl (C=O) groups is 1. The lowest BCUT2D eigenvalue weighted by atomic mass is 9.88. The van der Waals surface area contributed by atoms with Crippen LogP contribution in [0.5, 0.6) is 11.5 Å². The average Bonchev–Trinajstić information content (AvgIpc) is 2.87. The van der Waals surface area contributed by atoms with Crippen molar-refractivity contribution >= 4 is 31.8 Å². The lowest BCUT2D eigenvalue weighted by Crippen LogP contribution is -2.45. The van der Waals surface area contributed by atoms with Crippen molar-refractivity contribution in [3.05, 3.63) is 77.6 Å². The number of halogens is 1. The van der Waals surface area contributed by atoms with E-state index in [1.807, 2.05) is 0 Å². The van der Waals surface area contributed by atoms with Gasteiger partial charge in [0.2, 0.25) is 0 Å². The summed E-state index contributed by atoms with van der Waals surface area (Å²) in [5, 5.41) is 2.38. The number of fused-ring (bicyclic) bond motifs is 3. The van der Waals surface area contributed by atoms with Gasteiger partial charge in [0, 0.05) is 11.3 Å². The van der Waals surface area contributed by atoms with Crippen LogP contribution < -0.4 is 14.8 Å². The van der Waals surface area contributed by atoms with Crippen LogP contribution in [-0.2, 0) is 20.0 Å². The van der Waals surface area contributed by atoms with Crippen LogP contribution in [0.1, 0.15) is 31.1 Å². The number of anilines is 1. The molecule has 1 heterocycles. The SMILES string of the molecule is CCS(=O)(=O)N(C(=O)Nc1ccc2c(c1)C(c1cccc(F)c1)Oc1cccc(OC)c1-2)S(=O)(=O)CC. The molecule has 1 atom stereocenters. The van der Waals surface area contributed by atoms with Gasteiger partial charge in [0.15, 0.2) is 0 Å². The van der Waals surface area contributed by atoms with Crippen molar-refractivity contribution in [3.63, 3.8) is 0 Å². The van der Waals surface area contributed by atoms with Crippen LogP contribution >= 0.6 is 0 Å². The topological polar surface area (TPSA) is 119 Å². The third kappa shape index (κ3) is 4.98. The molecule has 0 saturated carbocycles. The van der Waals surface area contributed by atoms with E-state index >= 15 is 0 Å². The van der Waals surface area contributed by atoms with Gasteiger partial charge in [-0.1, -0.05) is 24.3 Å². The molecule has 37 heavy (non-hydrogen) atoms. The van der Waals surface area contributed by atoms with Crippen molar-refractivity contribution in [2.45, 2.75) is 20.0 Å². The highest BCUT2D eigenvalue weighted by molar-refractivity contribution is 8.04. The van der Waals surface area contributed by atoms with E-state index in [1.54, 1.807) is 36.4 Å². The number of sulfonamides is 2. The maximum atomic E-state index is 14.1. The number of ether oxygens (including phenoxy) is 2. The van der Waals surface area contributed by atoms with Gasteiger partial charge in [-0.25, -0.2) is 26.0 Å². The number of urea groups is 1. The Kier molecular flexibility index (Phi) is 7.16. The van der Waals surface area contributed by atoms with Gasteiger partial charge in [0.25, 0.3) is 20.0 Å².